The number of hydrogen-bond acceptors (Lipinski definition) is 2. The van der Waals surface area contributed by atoms with Gasteiger partial charge < -0.3 is 10.1 Å². The molecule has 3 heteroatoms. The summed E-state index contributed by atoms with van der Waals surface area (Å²) < 4.78 is 2.13. The highest BCUT2D eigenvalue weighted by atomic mass is 15.0. The Morgan fingerprint density at radius 3 is 2.88 bits per heavy atom. The molecule has 0 radical (unpaired) electrons. The second kappa shape index (κ2) is 3.61. The maximum atomic E-state index is 5.68. The minimum atomic E-state index is 0.673. The van der Waals surface area contributed by atoms with Crippen LogP contribution in [-0.2, 0) is 6.42 Å². The third-order valence-corrected chi connectivity index (χ3v) is 2.95. The molecular formula is C13H13N3. The quantitative estimate of drug-likeness (QED) is 0.704. The third kappa shape index (κ3) is 1.22. The first-order valence-electron chi connectivity index (χ1n) is 5.43. The lowest BCUT2D eigenvalue weighted by molar-refractivity contribution is 0.980. The fraction of sp³-hybridized carbons (Fsp3) is 0.154. The molecule has 0 bridgehead atoms. The molecule has 3 rings (SSSR count). The fourth-order valence-electron chi connectivity index (χ4n) is 2.28. The zero-order valence-electron chi connectivity index (χ0n) is 8.93. The summed E-state index contributed by atoms with van der Waals surface area (Å²) >= 11 is 0. The highest BCUT2D eigenvalue weighted by Crippen LogP contribution is 2.25. The Morgan fingerprint density at radius 2 is 2.00 bits per heavy atom. The summed E-state index contributed by atoms with van der Waals surface area (Å²) in [5, 5.41) is 1.28. The average molecular weight is 211 g/mol. The summed E-state index contributed by atoms with van der Waals surface area (Å²) in [4.78, 5) is 4.17. The predicted octanol–water partition coefficient (Wildman–Crippen LogP) is 1.99. The van der Waals surface area contributed by atoms with Crippen LogP contribution in [0.2, 0.25) is 0 Å². The molecule has 80 valence electrons. The Kier molecular flexibility index (Phi) is 2.11. The maximum Gasteiger partial charge on any atom is 0.0995 e. The van der Waals surface area contributed by atoms with Crippen molar-refractivity contribution in [3.63, 3.8) is 0 Å². The van der Waals surface area contributed by atoms with Gasteiger partial charge in [0.2, 0.25) is 0 Å². The van der Waals surface area contributed by atoms with Crippen LogP contribution in [0.4, 0.5) is 0 Å². The molecule has 2 N–H and O–H groups in total. The third-order valence-electron chi connectivity index (χ3n) is 2.95. The second-order valence-electron chi connectivity index (χ2n) is 3.87. The van der Waals surface area contributed by atoms with Gasteiger partial charge in [0.1, 0.15) is 0 Å². The van der Waals surface area contributed by atoms with Crippen molar-refractivity contribution in [2.45, 2.75) is 6.42 Å². The van der Waals surface area contributed by atoms with Crippen LogP contribution in [0, 0.1) is 0 Å². The smallest absolute Gasteiger partial charge is 0.0995 e. The molecular weight excluding hydrogens is 198 g/mol. The normalized spacial score (nSPS) is 11.3. The van der Waals surface area contributed by atoms with Crippen LogP contribution >= 0.6 is 0 Å². The molecule has 3 aromatic rings. The summed E-state index contributed by atoms with van der Waals surface area (Å²) in [5.41, 5.74) is 9.41. The molecule has 2 heterocycles. The van der Waals surface area contributed by atoms with Gasteiger partial charge in [-0.2, -0.15) is 0 Å². The highest BCUT2D eigenvalue weighted by Gasteiger charge is 2.09. The molecule has 0 fully saturated rings. The Labute approximate surface area is 93.5 Å². The number of hydrogen-bond donors (Lipinski definition) is 1. The van der Waals surface area contributed by atoms with E-state index < -0.39 is 0 Å². The van der Waals surface area contributed by atoms with E-state index in [9.17, 15) is 0 Å². The largest absolute Gasteiger partial charge is 0.330 e. The molecule has 0 unspecified atom stereocenters. The van der Waals surface area contributed by atoms with Gasteiger partial charge in [-0.15, -0.1) is 0 Å². The number of rotatable bonds is 2. The van der Waals surface area contributed by atoms with Crippen LogP contribution in [0.25, 0.3) is 16.4 Å². The monoisotopic (exact) mass is 211 g/mol. The van der Waals surface area contributed by atoms with Crippen LogP contribution in [-0.4, -0.2) is 15.9 Å². The SMILES string of the molecule is NCCc1c2ccccc2n2cnccc12. The number of nitrogens with zero attached hydrogens (tertiary/aromatic N) is 2. The maximum absolute atomic E-state index is 5.68. The van der Waals surface area contributed by atoms with Gasteiger partial charge in [0.15, 0.2) is 0 Å². The van der Waals surface area contributed by atoms with E-state index in [1.54, 1.807) is 0 Å². The first-order valence-corrected chi connectivity index (χ1v) is 5.43. The fourth-order valence-corrected chi connectivity index (χ4v) is 2.28. The lowest BCUT2D eigenvalue weighted by Gasteiger charge is -1.97. The van der Waals surface area contributed by atoms with Crippen LogP contribution in [0.1, 0.15) is 5.56 Å². The number of fused-ring (bicyclic) bond motifs is 3. The van der Waals surface area contributed by atoms with Gasteiger partial charge in [-0.05, 0) is 30.7 Å². The summed E-state index contributed by atoms with van der Waals surface area (Å²) in [6.45, 7) is 0.673. The lowest BCUT2D eigenvalue weighted by Crippen LogP contribution is -2.02. The topological polar surface area (TPSA) is 43.3 Å². The average Bonchev–Trinajstić information content (AvgIpc) is 2.66. The van der Waals surface area contributed by atoms with Gasteiger partial charge in [-0.25, -0.2) is 4.98 Å². The van der Waals surface area contributed by atoms with Crippen molar-refractivity contribution in [2.75, 3.05) is 6.54 Å². The van der Waals surface area contributed by atoms with E-state index in [1.807, 2.05) is 24.7 Å². The summed E-state index contributed by atoms with van der Waals surface area (Å²) in [5.74, 6) is 0. The van der Waals surface area contributed by atoms with Crippen molar-refractivity contribution in [3.05, 3.63) is 48.4 Å². The Balaban J connectivity index is 2.49. The van der Waals surface area contributed by atoms with E-state index in [1.165, 1.54) is 22.0 Å². The van der Waals surface area contributed by atoms with Gasteiger partial charge in [-0.3, -0.25) is 0 Å². The standard InChI is InChI=1S/C13H13N3/c14-7-5-11-10-3-1-2-4-12(10)16-9-15-8-6-13(11)16/h1-4,6,8-9H,5,7,14H2. The minimum Gasteiger partial charge on any atom is -0.330 e. The predicted molar refractivity (Wildman–Crippen MR) is 65.5 cm³/mol. The van der Waals surface area contributed by atoms with Crippen molar-refractivity contribution >= 4 is 16.4 Å². The van der Waals surface area contributed by atoms with Gasteiger partial charge >= 0.3 is 0 Å². The molecule has 0 saturated heterocycles. The molecule has 0 atom stereocenters. The van der Waals surface area contributed by atoms with Gasteiger partial charge in [-0.1, -0.05) is 18.2 Å². The van der Waals surface area contributed by atoms with Crippen LogP contribution in [0.15, 0.2) is 42.9 Å². The molecule has 0 aliphatic rings. The van der Waals surface area contributed by atoms with Gasteiger partial charge in [0.05, 0.1) is 17.4 Å². The molecule has 0 saturated carbocycles. The molecule has 0 spiro atoms. The lowest BCUT2D eigenvalue weighted by atomic mass is 10.1. The first kappa shape index (κ1) is 9.36. The second-order valence-corrected chi connectivity index (χ2v) is 3.87. The summed E-state index contributed by atoms with van der Waals surface area (Å²) in [6.07, 6.45) is 4.59. The van der Waals surface area contributed by atoms with E-state index in [0.29, 0.717) is 6.54 Å². The Morgan fingerprint density at radius 1 is 1.12 bits per heavy atom. The van der Waals surface area contributed by atoms with Gasteiger partial charge in [0, 0.05) is 11.6 Å². The number of nitrogens with two attached hydrogens (primary N) is 1. The van der Waals surface area contributed by atoms with Gasteiger partial charge in [0.25, 0.3) is 0 Å². The van der Waals surface area contributed by atoms with E-state index in [4.69, 9.17) is 5.73 Å². The molecule has 3 nitrogen and oxygen atoms in total. The van der Waals surface area contributed by atoms with Crippen molar-refractivity contribution in [2.24, 2.45) is 5.73 Å². The first-order chi connectivity index (χ1) is 7.92. The number of aromatic nitrogens is 2. The van der Waals surface area contributed by atoms with E-state index in [0.717, 1.165) is 6.42 Å². The van der Waals surface area contributed by atoms with Crippen LogP contribution < -0.4 is 5.73 Å². The van der Waals surface area contributed by atoms with Crippen molar-refractivity contribution in [1.29, 1.82) is 0 Å². The zero-order valence-corrected chi connectivity index (χ0v) is 8.93. The number of benzene rings is 1. The molecule has 0 aliphatic heterocycles. The van der Waals surface area contributed by atoms with E-state index in [2.05, 4.69) is 27.6 Å². The van der Waals surface area contributed by atoms with Crippen molar-refractivity contribution in [1.82, 2.24) is 9.38 Å². The molecule has 0 amide bonds. The highest BCUT2D eigenvalue weighted by molar-refractivity contribution is 5.92. The number of para-hydroxylation sites is 1. The summed E-state index contributed by atoms with van der Waals surface area (Å²) in [7, 11) is 0. The van der Waals surface area contributed by atoms with Crippen molar-refractivity contribution in [3.8, 4) is 0 Å². The molecule has 2 aromatic heterocycles. The molecule has 0 aliphatic carbocycles. The Bertz CT molecular complexity index is 587. The van der Waals surface area contributed by atoms with Crippen LogP contribution in [0.5, 0.6) is 0 Å². The summed E-state index contributed by atoms with van der Waals surface area (Å²) in [6, 6.07) is 10.4. The van der Waals surface area contributed by atoms with E-state index in [-0.39, 0.29) is 0 Å². The van der Waals surface area contributed by atoms with E-state index >= 15 is 0 Å². The van der Waals surface area contributed by atoms with Crippen molar-refractivity contribution < 1.29 is 0 Å². The Hall–Kier alpha value is -1.87. The molecule has 1 aromatic carbocycles. The minimum absolute atomic E-state index is 0.673. The van der Waals surface area contributed by atoms with Crippen LogP contribution in [0.3, 0.4) is 0 Å². The molecule has 16 heavy (non-hydrogen) atoms. The zero-order chi connectivity index (χ0) is 11.0.